The van der Waals surface area contributed by atoms with Crippen LogP contribution in [0.1, 0.15) is 72.1 Å². The fourth-order valence-corrected chi connectivity index (χ4v) is 2.89. The summed E-state index contributed by atoms with van der Waals surface area (Å²) in [5.41, 5.74) is 0. The van der Waals surface area contributed by atoms with Gasteiger partial charge >= 0.3 is 0 Å². The lowest BCUT2D eigenvalue weighted by Gasteiger charge is -2.23. The van der Waals surface area contributed by atoms with E-state index in [1.54, 1.807) is 0 Å². The molecular formula is C15H33NS. The molecule has 1 unspecified atom stereocenters. The molecule has 17 heavy (non-hydrogen) atoms. The summed E-state index contributed by atoms with van der Waals surface area (Å²) >= 11 is 1.95. The Hall–Kier alpha value is 0.310. The van der Waals surface area contributed by atoms with Crippen molar-refractivity contribution in [2.24, 2.45) is 0 Å². The molecule has 1 atom stereocenters. The Morgan fingerprint density at radius 1 is 0.941 bits per heavy atom. The maximum Gasteiger partial charge on any atom is 0.0132 e. The number of thioether (sulfide) groups is 1. The van der Waals surface area contributed by atoms with E-state index in [1.807, 2.05) is 11.8 Å². The van der Waals surface area contributed by atoms with Crippen molar-refractivity contribution < 1.29 is 0 Å². The van der Waals surface area contributed by atoms with Crippen LogP contribution in [0, 0.1) is 0 Å². The summed E-state index contributed by atoms with van der Waals surface area (Å²) in [4.78, 5) is 0. The molecule has 104 valence electrons. The van der Waals surface area contributed by atoms with Crippen LogP contribution in [-0.4, -0.2) is 24.1 Å². The Morgan fingerprint density at radius 3 is 1.88 bits per heavy atom. The Labute approximate surface area is 114 Å². The highest BCUT2D eigenvalue weighted by Gasteiger charge is 2.11. The molecule has 0 aliphatic rings. The van der Waals surface area contributed by atoms with Gasteiger partial charge in [-0.05, 0) is 26.0 Å². The fourth-order valence-electron chi connectivity index (χ4n) is 2.29. The highest BCUT2D eigenvalue weighted by atomic mass is 32.2. The summed E-state index contributed by atoms with van der Waals surface area (Å²) < 4.78 is 0. The first-order chi connectivity index (χ1) is 8.24. The van der Waals surface area contributed by atoms with Gasteiger partial charge in [0.1, 0.15) is 0 Å². The van der Waals surface area contributed by atoms with Crippen molar-refractivity contribution in [2.45, 2.75) is 84.2 Å². The first-order valence-corrected chi connectivity index (χ1v) is 8.88. The molecule has 0 radical (unpaired) electrons. The number of hydrogen-bond donors (Lipinski definition) is 1. The molecule has 0 aliphatic heterocycles. The second-order valence-electron chi connectivity index (χ2n) is 5.21. The minimum atomic E-state index is 0.665. The topological polar surface area (TPSA) is 12.0 Å². The molecule has 0 heterocycles. The quantitative estimate of drug-likeness (QED) is 0.502. The zero-order valence-corrected chi connectivity index (χ0v) is 13.2. The lowest BCUT2D eigenvalue weighted by Crippen LogP contribution is -2.38. The molecule has 0 aromatic rings. The van der Waals surface area contributed by atoms with E-state index in [9.17, 15) is 0 Å². The third kappa shape index (κ3) is 11.1. The van der Waals surface area contributed by atoms with Crippen LogP contribution in [0.4, 0.5) is 0 Å². The summed E-state index contributed by atoms with van der Waals surface area (Å²) in [6.07, 6.45) is 13.2. The van der Waals surface area contributed by atoms with Crippen LogP contribution in [0.5, 0.6) is 0 Å². The van der Waals surface area contributed by atoms with Crippen LogP contribution in [0.25, 0.3) is 0 Å². The molecule has 0 aromatic heterocycles. The van der Waals surface area contributed by atoms with E-state index in [0.717, 1.165) is 6.04 Å². The Morgan fingerprint density at radius 2 is 1.47 bits per heavy atom. The number of rotatable bonds is 12. The standard InChI is InChI=1S/C15H33NS/c1-5-7-9-11-15(12-10-8-6-2)16-14(3)13-17-4/h14-16H,5-13H2,1-4H3. The minimum absolute atomic E-state index is 0.665. The summed E-state index contributed by atoms with van der Waals surface area (Å²) in [5, 5.41) is 3.81. The van der Waals surface area contributed by atoms with Crippen molar-refractivity contribution in [3.8, 4) is 0 Å². The second kappa shape index (κ2) is 12.8. The summed E-state index contributed by atoms with van der Waals surface area (Å²) in [6.45, 7) is 6.90. The van der Waals surface area contributed by atoms with Crippen molar-refractivity contribution >= 4 is 11.8 Å². The average molecular weight is 260 g/mol. The molecule has 0 spiro atoms. The van der Waals surface area contributed by atoms with Crippen molar-refractivity contribution in [1.29, 1.82) is 0 Å². The molecule has 0 amide bonds. The van der Waals surface area contributed by atoms with Crippen LogP contribution in [0.2, 0.25) is 0 Å². The van der Waals surface area contributed by atoms with Crippen molar-refractivity contribution in [3.63, 3.8) is 0 Å². The lowest BCUT2D eigenvalue weighted by molar-refractivity contribution is 0.393. The fraction of sp³-hybridized carbons (Fsp3) is 1.00. The van der Waals surface area contributed by atoms with Gasteiger partial charge in [-0.1, -0.05) is 52.4 Å². The molecule has 0 saturated carbocycles. The van der Waals surface area contributed by atoms with Gasteiger partial charge in [-0.25, -0.2) is 0 Å². The lowest BCUT2D eigenvalue weighted by atomic mass is 10.0. The molecule has 1 nitrogen and oxygen atoms in total. The van der Waals surface area contributed by atoms with Crippen LogP contribution in [0.3, 0.4) is 0 Å². The monoisotopic (exact) mass is 259 g/mol. The molecule has 0 rings (SSSR count). The SMILES string of the molecule is CCCCCC(CCCCC)NC(C)CSC. The van der Waals surface area contributed by atoms with Crippen LogP contribution >= 0.6 is 11.8 Å². The van der Waals surface area contributed by atoms with Gasteiger partial charge in [0.2, 0.25) is 0 Å². The predicted octanol–water partition coefficient (Wildman–Crippen LogP) is 4.86. The number of unbranched alkanes of at least 4 members (excludes halogenated alkanes) is 4. The van der Waals surface area contributed by atoms with E-state index in [-0.39, 0.29) is 0 Å². The minimum Gasteiger partial charge on any atom is -0.311 e. The summed E-state index contributed by atoms with van der Waals surface area (Å²) in [6, 6.07) is 1.42. The van der Waals surface area contributed by atoms with Gasteiger partial charge in [0.05, 0.1) is 0 Å². The molecule has 2 heteroatoms. The van der Waals surface area contributed by atoms with E-state index in [1.165, 1.54) is 57.1 Å². The third-order valence-corrected chi connectivity index (χ3v) is 4.08. The van der Waals surface area contributed by atoms with Gasteiger partial charge < -0.3 is 5.32 Å². The summed E-state index contributed by atoms with van der Waals surface area (Å²) in [7, 11) is 0. The molecule has 0 bridgehead atoms. The number of hydrogen-bond acceptors (Lipinski definition) is 2. The van der Waals surface area contributed by atoms with E-state index in [2.05, 4.69) is 32.3 Å². The van der Waals surface area contributed by atoms with E-state index in [4.69, 9.17) is 0 Å². The molecule has 0 aliphatic carbocycles. The van der Waals surface area contributed by atoms with Gasteiger partial charge in [0, 0.05) is 17.8 Å². The van der Waals surface area contributed by atoms with Gasteiger partial charge in [-0.15, -0.1) is 0 Å². The maximum absolute atomic E-state index is 3.81. The largest absolute Gasteiger partial charge is 0.311 e. The van der Waals surface area contributed by atoms with Crippen molar-refractivity contribution in [3.05, 3.63) is 0 Å². The van der Waals surface area contributed by atoms with E-state index in [0.29, 0.717) is 6.04 Å². The molecule has 0 fully saturated rings. The molecule has 0 saturated heterocycles. The van der Waals surface area contributed by atoms with Crippen molar-refractivity contribution in [2.75, 3.05) is 12.0 Å². The average Bonchev–Trinajstić information content (AvgIpc) is 2.29. The normalized spacial score (nSPS) is 13.2. The first-order valence-electron chi connectivity index (χ1n) is 7.49. The van der Waals surface area contributed by atoms with Crippen LogP contribution < -0.4 is 5.32 Å². The highest BCUT2D eigenvalue weighted by Crippen LogP contribution is 2.12. The molecule has 1 N–H and O–H groups in total. The van der Waals surface area contributed by atoms with Crippen LogP contribution in [-0.2, 0) is 0 Å². The zero-order chi connectivity index (χ0) is 12.9. The van der Waals surface area contributed by atoms with Gasteiger partial charge in [0.25, 0.3) is 0 Å². The van der Waals surface area contributed by atoms with Crippen molar-refractivity contribution in [1.82, 2.24) is 5.32 Å². The van der Waals surface area contributed by atoms with Gasteiger partial charge in [-0.2, -0.15) is 11.8 Å². The Bertz CT molecular complexity index is 140. The molecule has 0 aromatic carbocycles. The predicted molar refractivity (Wildman–Crippen MR) is 83.1 cm³/mol. The Balaban J connectivity index is 3.82. The third-order valence-electron chi connectivity index (χ3n) is 3.25. The van der Waals surface area contributed by atoms with Gasteiger partial charge in [0.15, 0.2) is 0 Å². The highest BCUT2D eigenvalue weighted by molar-refractivity contribution is 7.98. The first kappa shape index (κ1) is 17.3. The zero-order valence-electron chi connectivity index (χ0n) is 12.4. The second-order valence-corrected chi connectivity index (χ2v) is 6.12. The van der Waals surface area contributed by atoms with E-state index >= 15 is 0 Å². The van der Waals surface area contributed by atoms with Crippen LogP contribution in [0.15, 0.2) is 0 Å². The smallest absolute Gasteiger partial charge is 0.0132 e. The maximum atomic E-state index is 3.81. The summed E-state index contributed by atoms with van der Waals surface area (Å²) in [5.74, 6) is 1.23. The number of nitrogens with one attached hydrogen (secondary N) is 1. The Kier molecular flexibility index (Phi) is 13.0. The van der Waals surface area contributed by atoms with Gasteiger partial charge in [-0.3, -0.25) is 0 Å². The molecular weight excluding hydrogens is 226 g/mol. The van der Waals surface area contributed by atoms with E-state index < -0.39 is 0 Å².